The molecule has 0 radical (unpaired) electrons. The van der Waals surface area contributed by atoms with E-state index < -0.39 is 0 Å². The molecule has 0 spiro atoms. The van der Waals surface area contributed by atoms with Gasteiger partial charge in [0.2, 0.25) is 0 Å². The zero-order chi connectivity index (χ0) is 13.7. The summed E-state index contributed by atoms with van der Waals surface area (Å²) in [5, 5.41) is 3.72. The summed E-state index contributed by atoms with van der Waals surface area (Å²) in [5.41, 5.74) is 2.95. The van der Waals surface area contributed by atoms with Gasteiger partial charge in [-0.05, 0) is 48.8 Å². The van der Waals surface area contributed by atoms with Crippen molar-refractivity contribution in [3.63, 3.8) is 0 Å². The lowest BCUT2D eigenvalue weighted by Crippen LogP contribution is -2.22. The Balaban J connectivity index is 1.98. The van der Waals surface area contributed by atoms with Crippen LogP contribution in [-0.4, -0.2) is 6.54 Å². The Morgan fingerprint density at radius 1 is 1.16 bits per heavy atom. The lowest BCUT2D eigenvalue weighted by molar-refractivity contribution is 0.474. The lowest BCUT2D eigenvalue weighted by Gasteiger charge is -2.19. The summed E-state index contributed by atoms with van der Waals surface area (Å²) in [4.78, 5) is 0. The second-order valence-electron chi connectivity index (χ2n) is 6.53. The van der Waals surface area contributed by atoms with Gasteiger partial charge in [-0.3, -0.25) is 0 Å². The van der Waals surface area contributed by atoms with Gasteiger partial charge in [-0.15, -0.1) is 0 Å². The molecule has 1 heteroatoms. The molecule has 106 valence electrons. The molecule has 1 saturated carbocycles. The van der Waals surface area contributed by atoms with Crippen LogP contribution in [0.15, 0.2) is 24.3 Å². The number of hydrogen-bond donors (Lipinski definition) is 1. The van der Waals surface area contributed by atoms with Gasteiger partial charge in [0.25, 0.3) is 0 Å². The first kappa shape index (κ1) is 14.6. The average molecular weight is 259 g/mol. The van der Waals surface area contributed by atoms with Crippen LogP contribution in [0.3, 0.4) is 0 Å². The lowest BCUT2D eigenvalue weighted by atomic mass is 9.97. The second kappa shape index (κ2) is 7.09. The van der Waals surface area contributed by atoms with Crippen LogP contribution >= 0.6 is 0 Å². The van der Waals surface area contributed by atoms with Crippen LogP contribution in [-0.2, 0) is 6.42 Å². The molecule has 19 heavy (non-hydrogen) atoms. The van der Waals surface area contributed by atoms with Crippen LogP contribution in [0.4, 0.5) is 0 Å². The Morgan fingerprint density at radius 3 is 2.37 bits per heavy atom. The summed E-state index contributed by atoms with van der Waals surface area (Å²) in [7, 11) is 0. The van der Waals surface area contributed by atoms with Gasteiger partial charge >= 0.3 is 0 Å². The molecule has 1 aliphatic carbocycles. The summed E-state index contributed by atoms with van der Waals surface area (Å²) in [6.07, 6.45) is 6.61. The van der Waals surface area contributed by atoms with E-state index >= 15 is 0 Å². The highest BCUT2D eigenvalue weighted by Crippen LogP contribution is 2.37. The molecule has 0 heterocycles. The highest BCUT2D eigenvalue weighted by molar-refractivity contribution is 5.25. The molecule has 1 atom stereocenters. The van der Waals surface area contributed by atoms with Crippen LogP contribution < -0.4 is 5.32 Å². The zero-order valence-corrected chi connectivity index (χ0v) is 12.8. The monoisotopic (exact) mass is 259 g/mol. The molecule has 1 aromatic carbocycles. The van der Waals surface area contributed by atoms with E-state index in [0.29, 0.717) is 6.04 Å². The topological polar surface area (TPSA) is 12.0 Å². The molecule has 0 bridgehead atoms. The molecule has 0 saturated heterocycles. The molecule has 1 aromatic rings. The molecule has 1 N–H and O–H groups in total. The first-order valence-electron chi connectivity index (χ1n) is 8.01. The largest absolute Gasteiger partial charge is 0.310 e. The molecular weight excluding hydrogens is 230 g/mol. The van der Waals surface area contributed by atoms with Crippen LogP contribution in [0.25, 0.3) is 0 Å². The minimum atomic E-state index is 0.570. The molecule has 0 aliphatic heterocycles. The minimum Gasteiger partial charge on any atom is -0.310 e. The van der Waals surface area contributed by atoms with E-state index in [1.807, 2.05) is 0 Å². The average Bonchev–Trinajstić information content (AvgIpc) is 3.19. The summed E-state index contributed by atoms with van der Waals surface area (Å²) in [5.74, 6) is 1.72. The number of benzene rings is 1. The van der Waals surface area contributed by atoms with Crippen LogP contribution in [0.1, 0.15) is 63.6 Å². The highest BCUT2D eigenvalue weighted by Gasteiger charge is 2.25. The Kier molecular flexibility index (Phi) is 5.45. The van der Waals surface area contributed by atoms with Crippen molar-refractivity contribution in [1.29, 1.82) is 0 Å². The van der Waals surface area contributed by atoms with Gasteiger partial charge < -0.3 is 5.32 Å². The van der Waals surface area contributed by atoms with Gasteiger partial charge in [0.05, 0.1) is 0 Å². The maximum atomic E-state index is 3.72. The van der Waals surface area contributed by atoms with E-state index in [-0.39, 0.29) is 0 Å². The van der Waals surface area contributed by atoms with E-state index in [0.717, 1.165) is 18.4 Å². The fourth-order valence-corrected chi connectivity index (χ4v) is 2.70. The standard InChI is InChI=1S/C18H29N/c1-4-11-19-18(13-16-5-6-16)17-9-7-15(8-10-17)12-14(2)3/h7-10,14,16,18-19H,4-6,11-13H2,1-3H3. The Morgan fingerprint density at radius 2 is 1.84 bits per heavy atom. The first-order chi connectivity index (χ1) is 9.19. The number of hydrogen-bond acceptors (Lipinski definition) is 1. The fraction of sp³-hybridized carbons (Fsp3) is 0.667. The summed E-state index contributed by atoms with van der Waals surface area (Å²) >= 11 is 0. The third kappa shape index (κ3) is 4.99. The van der Waals surface area contributed by atoms with Crippen molar-refractivity contribution in [1.82, 2.24) is 5.32 Å². The molecule has 1 nitrogen and oxygen atoms in total. The molecular formula is C18H29N. The van der Waals surface area contributed by atoms with E-state index in [9.17, 15) is 0 Å². The van der Waals surface area contributed by atoms with Crippen LogP contribution in [0, 0.1) is 11.8 Å². The van der Waals surface area contributed by atoms with Crippen molar-refractivity contribution in [3.05, 3.63) is 35.4 Å². The van der Waals surface area contributed by atoms with Crippen molar-refractivity contribution >= 4 is 0 Å². The zero-order valence-electron chi connectivity index (χ0n) is 12.8. The third-order valence-corrected chi connectivity index (χ3v) is 3.93. The van der Waals surface area contributed by atoms with Gasteiger partial charge in [-0.1, -0.05) is 57.9 Å². The SMILES string of the molecule is CCCNC(CC1CC1)c1ccc(CC(C)C)cc1. The van der Waals surface area contributed by atoms with Crippen molar-refractivity contribution in [2.45, 2.75) is 58.9 Å². The van der Waals surface area contributed by atoms with Gasteiger partial charge in [-0.25, -0.2) is 0 Å². The Bertz CT molecular complexity index is 362. The number of rotatable bonds is 8. The Labute approximate surface area is 118 Å². The molecule has 1 fully saturated rings. The van der Waals surface area contributed by atoms with Gasteiger partial charge in [0.15, 0.2) is 0 Å². The van der Waals surface area contributed by atoms with Crippen LogP contribution in [0.5, 0.6) is 0 Å². The minimum absolute atomic E-state index is 0.570. The van der Waals surface area contributed by atoms with E-state index in [1.165, 1.54) is 43.2 Å². The highest BCUT2D eigenvalue weighted by atomic mass is 14.9. The van der Waals surface area contributed by atoms with E-state index in [1.54, 1.807) is 0 Å². The number of nitrogens with one attached hydrogen (secondary N) is 1. The van der Waals surface area contributed by atoms with Crippen molar-refractivity contribution in [3.8, 4) is 0 Å². The van der Waals surface area contributed by atoms with Gasteiger partial charge in [0.1, 0.15) is 0 Å². The summed E-state index contributed by atoms with van der Waals surface area (Å²) in [6.45, 7) is 7.94. The maximum absolute atomic E-state index is 3.72. The maximum Gasteiger partial charge on any atom is 0.0322 e. The third-order valence-electron chi connectivity index (χ3n) is 3.93. The predicted molar refractivity (Wildman–Crippen MR) is 83.4 cm³/mol. The predicted octanol–water partition coefficient (Wildman–Crippen LogP) is 4.73. The van der Waals surface area contributed by atoms with Crippen LogP contribution in [0.2, 0.25) is 0 Å². The molecule has 0 aromatic heterocycles. The second-order valence-corrected chi connectivity index (χ2v) is 6.53. The van der Waals surface area contributed by atoms with Crippen molar-refractivity contribution in [2.24, 2.45) is 11.8 Å². The molecule has 1 aliphatic rings. The van der Waals surface area contributed by atoms with E-state index in [2.05, 4.69) is 50.4 Å². The Hall–Kier alpha value is -0.820. The van der Waals surface area contributed by atoms with E-state index in [4.69, 9.17) is 0 Å². The van der Waals surface area contributed by atoms with Gasteiger partial charge in [-0.2, -0.15) is 0 Å². The molecule has 1 unspecified atom stereocenters. The summed E-state index contributed by atoms with van der Waals surface area (Å²) in [6, 6.07) is 9.90. The normalized spacial score (nSPS) is 16.8. The fourth-order valence-electron chi connectivity index (χ4n) is 2.70. The smallest absolute Gasteiger partial charge is 0.0322 e. The van der Waals surface area contributed by atoms with Gasteiger partial charge in [0, 0.05) is 6.04 Å². The van der Waals surface area contributed by atoms with Crippen molar-refractivity contribution < 1.29 is 0 Å². The molecule has 0 amide bonds. The quantitative estimate of drug-likeness (QED) is 0.712. The first-order valence-corrected chi connectivity index (χ1v) is 8.01. The summed E-state index contributed by atoms with van der Waals surface area (Å²) < 4.78 is 0. The molecule has 2 rings (SSSR count). The van der Waals surface area contributed by atoms with Crippen molar-refractivity contribution in [2.75, 3.05) is 6.54 Å².